The van der Waals surface area contributed by atoms with Crippen LogP contribution < -0.4 is 4.74 Å². The Morgan fingerprint density at radius 3 is 2.38 bits per heavy atom. The lowest BCUT2D eigenvalue weighted by Crippen LogP contribution is -2.19. The van der Waals surface area contributed by atoms with E-state index >= 15 is 0 Å². The predicted octanol–water partition coefficient (Wildman–Crippen LogP) is 5.08. The van der Waals surface area contributed by atoms with Crippen LogP contribution >= 0.6 is 27.5 Å². The van der Waals surface area contributed by atoms with E-state index in [1.165, 1.54) is 30.3 Å². The summed E-state index contributed by atoms with van der Waals surface area (Å²) >= 11 is 9.02. The van der Waals surface area contributed by atoms with Crippen molar-refractivity contribution in [1.82, 2.24) is 0 Å². The first kappa shape index (κ1) is 16.1. The molecule has 1 unspecified atom stereocenters. The van der Waals surface area contributed by atoms with Gasteiger partial charge in [-0.3, -0.25) is 0 Å². The van der Waals surface area contributed by atoms with Crippen LogP contribution in [0.2, 0.25) is 5.02 Å². The molecule has 0 saturated heterocycles. The highest BCUT2D eigenvalue weighted by atomic mass is 79.9. The van der Waals surface area contributed by atoms with Crippen molar-refractivity contribution >= 4 is 27.5 Å². The van der Waals surface area contributed by atoms with E-state index in [4.69, 9.17) is 11.6 Å². The molecule has 2 aromatic rings. The lowest BCUT2D eigenvalue weighted by atomic mass is 10.0. The van der Waals surface area contributed by atoms with E-state index in [-0.39, 0.29) is 5.56 Å². The molecule has 0 saturated carbocycles. The molecule has 0 radical (unpaired) electrons. The molecule has 0 spiro atoms. The zero-order chi connectivity index (χ0) is 15.6. The van der Waals surface area contributed by atoms with Gasteiger partial charge in [0.05, 0.1) is 0 Å². The SMILES string of the molecule is OC(c1ccc(Cl)cc1Br)c1ccccc1OC(F)(F)F. The number of aliphatic hydroxyl groups is 1. The molecule has 0 fully saturated rings. The van der Waals surface area contributed by atoms with Crippen LogP contribution in [-0.4, -0.2) is 11.5 Å². The number of rotatable bonds is 3. The lowest BCUT2D eigenvalue weighted by molar-refractivity contribution is -0.275. The summed E-state index contributed by atoms with van der Waals surface area (Å²) < 4.78 is 41.6. The van der Waals surface area contributed by atoms with Crippen molar-refractivity contribution in [3.05, 3.63) is 63.1 Å². The van der Waals surface area contributed by atoms with E-state index in [0.717, 1.165) is 6.07 Å². The minimum absolute atomic E-state index is 0.0119. The highest BCUT2D eigenvalue weighted by Crippen LogP contribution is 2.36. The monoisotopic (exact) mass is 380 g/mol. The summed E-state index contributed by atoms with van der Waals surface area (Å²) in [5.74, 6) is -0.445. The second-order valence-electron chi connectivity index (χ2n) is 4.15. The van der Waals surface area contributed by atoms with Gasteiger partial charge in [0.15, 0.2) is 0 Å². The Labute approximate surface area is 132 Å². The van der Waals surface area contributed by atoms with Crippen molar-refractivity contribution in [3.63, 3.8) is 0 Å². The number of benzene rings is 2. The molecule has 2 nitrogen and oxygen atoms in total. The number of para-hydroxylation sites is 1. The van der Waals surface area contributed by atoms with Gasteiger partial charge in [-0.15, -0.1) is 13.2 Å². The molecule has 2 rings (SSSR count). The van der Waals surface area contributed by atoms with Gasteiger partial charge in [-0.05, 0) is 23.8 Å². The molecule has 0 aromatic heterocycles. The largest absolute Gasteiger partial charge is 0.573 e. The Bertz CT molecular complexity index is 646. The maximum absolute atomic E-state index is 12.4. The number of hydrogen-bond acceptors (Lipinski definition) is 2. The van der Waals surface area contributed by atoms with Crippen molar-refractivity contribution in [2.45, 2.75) is 12.5 Å². The van der Waals surface area contributed by atoms with E-state index < -0.39 is 18.2 Å². The fourth-order valence-corrected chi connectivity index (χ4v) is 2.71. The van der Waals surface area contributed by atoms with Gasteiger partial charge in [0, 0.05) is 15.1 Å². The average molecular weight is 382 g/mol. The highest BCUT2D eigenvalue weighted by Gasteiger charge is 2.33. The lowest BCUT2D eigenvalue weighted by Gasteiger charge is -2.18. The summed E-state index contributed by atoms with van der Waals surface area (Å²) in [5, 5.41) is 10.8. The molecular formula is C14H9BrClF3O2. The number of hydrogen-bond donors (Lipinski definition) is 1. The van der Waals surface area contributed by atoms with E-state index in [0.29, 0.717) is 15.1 Å². The number of alkyl halides is 3. The van der Waals surface area contributed by atoms with Crippen LogP contribution in [0.4, 0.5) is 13.2 Å². The smallest absolute Gasteiger partial charge is 0.405 e. The zero-order valence-corrected chi connectivity index (χ0v) is 12.7. The van der Waals surface area contributed by atoms with Gasteiger partial charge in [0.2, 0.25) is 0 Å². The van der Waals surface area contributed by atoms with Crippen molar-refractivity contribution in [2.24, 2.45) is 0 Å². The van der Waals surface area contributed by atoms with Gasteiger partial charge >= 0.3 is 6.36 Å². The van der Waals surface area contributed by atoms with Gasteiger partial charge in [-0.2, -0.15) is 0 Å². The third-order valence-electron chi connectivity index (χ3n) is 2.70. The average Bonchev–Trinajstić information content (AvgIpc) is 2.36. The molecule has 21 heavy (non-hydrogen) atoms. The summed E-state index contributed by atoms with van der Waals surface area (Å²) in [4.78, 5) is 0. The van der Waals surface area contributed by atoms with Crippen molar-refractivity contribution in [2.75, 3.05) is 0 Å². The van der Waals surface area contributed by atoms with Crippen LogP contribution in [-0.2, 0) is 0 Å². The summed E-state index contributed by atoms with van der Waals surface area (Å²) in [6.07, 6.45) is -6.11. The van der Waals surface area contributed by atoms with Crippen LogP contribution in [0, 0.1) is 0 Å². The Balaban J connectivity index is 2.41. The first-order valence-electron chi connectivity index (χ1n) is 5.75. The minimum Gasteiger partial charge on any atom is -0.405 e. The Morgan fingerprint density at radius 1 is 1.10 bits per heavy atom. The van der Waals surface area contributed by atoms with E-state index in [1.807, 2.05) is 0 Å². The molecule has 0 aliphatic heterocycles. The van der Waals surface area contributed by atoms with Gasteiger partial charge < -0.3 is 9.84 Å². The van der Waals surface area contributed by atoms with Gasteiger partial charge in [0.25, 0.3) is 0 Å². The van der Waals surface area contributed by atoms with Crippen LogP contribution in [0.25, 0.3) is 0 Å². The molecule has 0 heterocycles. The first-order chi connectivity index (χ1) is 9.78. The Morgan fingerprint density at radius 2 is 1.76 bits per heavy atom. The molecule has 112 valence electrons. The van der Waals surface area contributed by atoms with E-state index in [9.17, 15) is 18.3 Å². The Kier molecular flexibility index (Phi) is 4.81. The molecule has 1 atom stereocenters. The van der Waals surface area contributed by atoms with Crippen LogP contribution in [0.3, 0.4) is 0 Å². The highest BCUT2D eigenvalue weighted by molar-refractivity contribution is 9.10. The maximum atomic E-state index is 12.4. The standard InChI is InChI=1S/C14H9BrClF3O2/c15-11-7-8(16)5-6-9(11)13(20)10-3-1-2-4-12(10)21-14(17,18)19/h1-7,13,20H. The number of halogens is 5. The number of ether oxygens (including phenoxy) is 1. The summed E-state index contributed by atoms with van der Waals surface area (Å²) in [6.45, 7) is 0. The molecular weight excluding hydrogens is 373 g/mol. The van der Waals surface area contributed by atoms with Gasteiger partial charge in [-0.1, -0.05) is 51.8 Å². The minimum atomic E-state index is -4.83. The third-order valence-corrected chi connectivity index (χ3v) is 3.62. The van der Waals surface area contributed by atoms with E-state index in [1.54, 1.807) is 6.07 Å². The third kappa shape index (κ3) is 4.12. The fourth-order valence-electron chi connectivity index (χ4n) is 1.81. The second-order valence-corrected chi connectivity index (χ2v) is 5.44. The quantitative estimate of drug-likeness (QED) is 0.803. The van der Waals surface area contributed by atoms with Crippen LogP contribution in [0.5, 0.6) is 5.75 Å². The number of aliphatic hydroxyl groups excluding tert-OH is 1. The van der Waals surface area contributed by atoms with Gasteiger partial charge in [-0.25, -0.2) is 0 Å². The molecule has 0 aliphatic rings. The Hall–Kier alpha value is -1.24. The van der Waals surface area contributed by atoms with Crippen molar-refractivity contribution < 1.29 is 23.0 Å². The van der Waals surface area contributed by atoms with E-state index in [2.05, 4.69) is 20.7 Å². The molecule has 0 amide bonds. The molecule has 0 bridgehead atoms. The van der Waals surface area contributed by atoms with Crippen molar-refractivity contribution in [1.29, 1.82) is 0 Å². The summed E-state index contributed by atoms with van der Waals surface area (Å²) in [7, 11) is 0. The van der Waals surface area contributed by atoms with Gasteiger partial charge in [0.1, 0.15) is 11.9 Å². The van der Waals surface area contributed by atoms with Crippen LogP contribution in [0.1, 0.15) is 17.2 Å². The molecule has 7 heteroatoms. The topological polar surface area (TPSA) is 29.5 Å². The fraction of sp³-hybridized carbons (Fsp3) is 0.143. The van der Waals surface area contributed by atoms with Crippen LogP contribution in [0.15, 0.2) is 46.9 Å². The second kappa shape index (κ2) is 6.25. The summed E-state index contributed by atoms with van der Waals surface area (Å²) in [5.41, 5.74) is 0.399. The normalized spacial score (nSPS) is 13.0. The predicted molar refractivity (Wildman–Crippen MR) is 76.3 cm³/mol. The summed E-state index contributed by atoms with van der Waals surface area (Å²) in [6, 6.07) is 10.1. The van der Waals surface area contributed by atoms with Crippen molar-refractivity contribution in [3.8, 4) is 5.75 Å². The maximum Gasteiger partial charge on any atom is 0.573 e. The molecule has 0 aliphatic carbocycles. The first-order valence-corrected chi connectivity index (χ1v) is 6.93. The molecule has 1 N–H and O–H groups in total. The zero-order valence-electron chi connectivity index (χ0n) is 10.4. The molecule has 2 aromatic carbocycles.